The number of benzene rings is 1. The highest BCUT2D eigenvalue weighted by Gasteiger charge is 2.27. The minimum absolute atomic E-state index is 0.220. The Morgan fingerprint density at radius 3 is 2.72 bits per heavy atom. The highest BCUT2D eigenvalue weighted by atomic mass is 16.1. The summed E-state index contributed by atoms with van der Waals surface area (Å²) in [6, 6.07) is 8.20. The van der Waals surface area contributed by atoms with Crippen molar-refractivity contribution in [3.63, 3.8) is 0 Å². The van der Waals surface area contributed by atoms with Crippen molar-refractivity contribution in [2.24, 2.45) is 0 Å². The van der Waals surface area contributed by atoms with Crippen LogP contribution in [0.2, 0.25) is 0 Å². The number of carbonyl (C=O) groups is 1. The molecule has 1 nitrogen and oxygen atoms in total. The molecule has 0 amide bonds. The first-order chi connectivity index (χ1) is 8.81. The van der Waals surface area contributed by atoms with Crippen molar-refractivity contribution in [1.82, 2.24) is 0 Å². The third-order valence-electron chi connectivity index (χ3n) is 3.63. The molecule has 0 saturated heterocycles. The van der Waals surface area contributed by atoms with E-state index in [-0.39, 0.29) is 5.78 Å². The predicted molar refractivity (Wildman–Crippen MR) is 75.0 cm³/mol. The summed E-state index contributed by atoms with van der Waals surface area (Å²) < 4.78 is 0. The van der Waals surface area contributed by atoms with E-state index in [1.165, 1.54) is 5.56 Å². The number of carbonyl (C=O) groups excluding carboxylic acids is 1. The van der Waals surface area contributed by atoms with Gasteiger partial charge in [0.1, 0.15) is 0 Å². The normalized spacial score (nSPS) is 16.7. The van der Waals surface area contributed by atoms with Crippen molar-refractivity contribution in [3.8, 4) is 0 Å². The van der Waals surface area contributed by atoms with Crippen LogP contribution in [0.1, 0.15) is 37.3 Å². The molecule has 0 unspecified atom stereocenters. The smallest absolute Gasteiger partial charge is 0.189 e. The Morgan fingerprint density at radius 2 is 1.89 bits per heavy atom. The van der Waals surface area contributed by atoms with Crippen molar-refractivity contribution in [3.05, 3.63) is 58.7 Å². The minimum Gasteiger partial charge on any atom is -0.289 e. The predicted octanol–water partition coefficient (Wildman–Crippen LogP) is 4.17. The van der Waals surface area contributed by atoms with Gasteiger partial charge in [0.2, 0.25) is 0 Å². The van der Waals surface area contributed by atoms with Crippen molar-refractivity contribution in [2.75, 3.05) is 0 Å². The second kappa shape index (κ2) is 4.41. The number of ketones is 1. The van der Waals surface area contributed by atoms with E-state index in [4.69, 9.17) is 0 Å². The lowest BCUT2D eigenvalue weighted by molar-refractivity contribution is -0.112. The van der Waals surface area contributed by atoms with Crippen molar-refractivity contribution in [2.45, 2.75) is 26.2 Å². The molecule has 0 saturated carbocycles. The number of allylic oxidation sites excluding steroid dienone is 5. The van der Waals surface area contributed by atoms with Gasteiger partial charge in [-0.3, -0.25) is 4.79 Å². The Labute approximate surface area is 108 Å². The Bertz CT molecular complexity index is 600. The Hall–Kier alpha value is -1.89. The molecule has 2 aliphatic rings. The summed E-state index contributed by atoms with van der Waals surface area (Å²) in [7, 11) is 0. The lowest BCUT2D eigenvalue weighted by Gasteiger charge is -2.13. The number of hydrogen-bond donors (Lipinski definition) is 0. The summed E-state index contributed by atoms with van der Waals surface area (Å²) in [4.78, 5) is 12.4. The van der Waals surface area contributed by atoms with Gasteiger partial charge >= 0.3 is 0 Å². The van der Waals surface area contributed by atoms with Gasteiger partial charge in [-0.05, 0) is 35.6 Å². The highest BCUT2D eigenvalue weighted by molar-refractivity contribution is 6.25. The Morgan fingerprint density at radius 1 is 1.06 bits per heavy atom. The van der Waals surface area contributed by atoms with E-state index in [1.807, 2.05) is 24.3 Å². The molecule has 0 spiro atoms. The molecule has 1 aromatic carbocycles. The summed E-state index contributed by atoms with van der Waals surface area (Å²) in [5, 5.41) is 0. The highest BCUT2D eigenvalue weighted by Crippen LogP contribution is 2.39. The maximum Gasteiger partial charge on any atom is 0.189 e. The van der Waals surface area contributed by atoms with Gasteiger partial charge in [-0.25, -0.2) is 0 Å². The van der Waals surface area contributed by atoms with Gasteiger partial charge in [0.15, 0.2) is 5.78 Å². The molecule has 1 aromatic rings. The molecule has 0 aromatic heterocycles. The molecule has 90 valence electrons. The summed E-state index contributed by atoms with van der Waals surface area (Å²) in [6.45, 7) is 2.15. The van der Waals surface area contributed by atoms with Gasteiger partial charge in [-0.1, -0.05) is 49.8 Å². The van der Waals surface area contributed by atoms with E-state index in [0.29, 0.717) is 0 Å². The average Bonchev–Trinajstić information content (AvgIpc) is 2.78. The second-order valence-corrected chi connectivity index (χ2v) is 4.85. The van der Waals surface area contributed by atoms with Crippen LogP contribution in [0.3, 0.4) is 0 Å². The van der Waals surface area contributed by atoms with Gasteiger partial charge < -0.3 is 0 Å². The number of fused-ring (bicyclic) bond motifs is 3. The van der Waals surface area contributed by atoms with Crippen LogP contribution in [0.5, 0.6) is 0 Å². The molecule has 0 N–H and O–H groups in total. The van der Waals surface area contributed by atoms with Gasteiger partial charge in [0.05, 0.1) is 0 Å². The maximum atomic E-state index is 12.4. The summed E-state index contributed by atoms with van der Waals surface area (Å²) in [5.74, 6) is 0.220. The monoisotopic (exact) mass is 236 g/mol. The number of Topliss-reactive ketones (excluding diaryl/α,β-unsaturated/α-hetero) is 1. The first kappa shape index (κ1) is 11.2. The third kappa shape index (κ3) is 1.67. The van der Waals surface area contributed by atoms with E-state index < -0.39 is 0 Å². The van der Waals surface area contributed by atoms with Crippen LogP contribution in [0.15, 0.2) is 47.6 Å². The van der Waals surface area contributed by atoms with E-state index in [1.54, 1.807) is 0 Å². The zero-order chi connectivity index (χ0) is 12.5. The fourth-order valence-electron chi connectivity index (χ4n) is 2.61. The van der Waals surface area contributed by atoms with Crippen molar-refractivity contribution in [1.29, 1.82) is 0 Å². The summed E-state index contributed by atoms with van der Waals surface area (Å²) in [5.41, 5.74) is 5.28. The third-order valence-corrected chi connectivity index (χ3v) is 3.63. The van der Waals surface area contributed by atoms with Gasteiger partial charge in [0.25, 0.3) is 0 Å². The Kier molecular flexibility index (Phi) is 2.75. The fourth-order valence-corrected chi connectivity index (χ4v) is 2.61. The summed E-state index contributed by atoms with van der Waals surface area (Å²) >= 11 is 0. The lowest BCUT2D eigenvalue weighted by Crippen LogP contribution is -2.09. The van der Waals surface area contributed by atoms with E-state index in [9.17, 15) is 4.79 Å². The van der Waals surface area contributed by atoms with Gasteiger partial charge in [0, 0.05) is 11.1 Å². The first-order valence-electron chi connectivity index (χ1n) is 6.58. The van der Waals surface area contributed by atoms with Crippen LogP contribution in [0.25, 0.3) is 11.6 Å². The molecule has 2 aliphatic carbocycles. The van der Waals surface area contributed by atoms with Gasteiger partial charge in [-0.15, -0.1) is 0 Å². The molecule has 18 heavy (non-hydrogen) atoms. The SMILES string of the molecule is CCCCC1=CC=C2C(=Cc3ccccc32)C1=O. The standard InChI is InChI=1S/C17H16O/c1-2-3-6-12-9-10-15-14-8-5-4-7-13(14)11-16(15)17(12)18/h4-5,7-11H,2-3,6H2,1H3. The van der Waals surface area contributed by atoms with Crippen LogP contribution in [0.4, 0.5) is 0 Å². The largest absolute Gasteiger partial charge is 0.289 e. The number of hydrogen-bond acceptors (Lipinski definition) is 1. The summed E-state index contributed by atoms with van der Waals surface area (Å²) in [6.07, 6.45) is 9.24. The molecule has 0 fully saturated rings. The number of unbranched alkanes of at least 4 members (excludes halogenated alkanes) is 1. The molecule has 3 rings (SSSR count). The quantitative estimate of drug-likeness (QED) is 0.770. The zero-order valence-corrected chi connectivity index (χ0v) is 10.6. The molecule has 0 aliphatic heterocycles. The van der Waals surface area contributed by atoms with Crippen LogP contribution >= 0.6 is 0 Å². The molecule has 0 bridgehead atoms. The topological polar surface area (TPSA) is 17.1 Å². The Balaban J connectivity index is 1.99. The fraction of sp³-hybridized carbons (Fsp3) is 0.235. The van der Waals surface area contributed by atoms with Crippen LogP contribution in [-0.2, 0) is 4.79 Å². The van der Waals surface area contributed by atoms with Crippen molar-refractivity contribution >= 4 is 17.4 Å². The van der Waals surface area contributed by atoms with Crippen LogP contribution in [0, 0.1) is 0 Å². The number of rotatable bonds is 3. The average molecular weight is 236 g/mol. The second-order valence-electron chi connectivity index (χ2n) is 4.85. The first-order valence-corrected chi connectivity index (χ1v) is 6.58. The lowest BCUT2D eigenvalue weighted by atomic mass is 9.89. The zero-order valence-electron chi connectivity index (χ0n) is 10.6. The molecule has 0 atom stereocenters. The molecular formula is C17H16O. The maximum absolute atomic E-state index is 12.4. The van der Waals surface area contributed by atoms with Crippen LogP contribution < -0.4 is 0 Å². The minimum atomic E-state index is 0.220. The van der Waals surface area contributed by atoms with Crippen LogP contribution in [-0.4, -0.2) is 5.78 Å². The molecule has 0 radical (unpaired) electrons. The van der Waals surface area contributed by atoms with E-state index in [0.717, 1.165) is 41.5 Å². The molecular weight excluding hydrogens is 220 g/mol. The molecule has 0 heterocycles. The van der Waals surface area contributed by atoms with E-state index in [2.05, 4.69) is 25.1 Å². The van der Waals surface area contributed by atoms with Gasteiger partial charge in [-0.2, -0.15) is 0 Å². The molecule has 1 heteroatoms. The van der Waals surface area contributed by atoms with E-state index >= 15 is 0 Å². The van der Waals surface area contributed by atoms with Crippen molar-refractivity contribution < 1.29 is 4.79 Å².